The first-order chi connectivity index (χ1) is 6.79. The highest BCUT2D eigenvalue weighted by molar-refractivity contribution is 6.34. The molecule has 4 nitrogen and oxygen atoms in total. The number of morpholine rings is 1. The van der Waals surface area contributed by atoms with Crippen LogP contribution < -0.4 is 5.32 Å². The molecule has 1 atom stereocenters. The number of hydrogen-bond donors (Lipinski definition) is 1. The van der Waals surface area contributed by atoms with Crippen LogP contribution in [0.3, 0.4) is 0 Å². The lowest BCUT2D eigenvalue weighted by Gasteiger charge is -2.24. The maximum atomic E-state index is 5.92. The molecule has 76 valence electrons. The average molecular weight is 234 g/mol. The molecule has 0 aliphatic carbocycles. The molecule has 1 aliphatic heterocycles. The molecule has 2 rings (SSSR count). The summed E-state index contributed by atoms with van der Waals surface area (Å²) in [6.45, 7) is 2.18. The average Bonchev–Trinajstić information content (AvgIpc) is 2.19. The zero-order valence-electron chi connectivity index (χ0n) is 7.33. The van der Waals surface area contributed by atoms with Crippen molar-refractivity contribution in [3.05, 3.63) is 22.2 Å². The van der Waals surface area contributed by atoms with Gasteiger partial charge in [-0.25, -0.2) is 9.97 Å². The van der Waals surface area contributed by atoms with Crippen LogP contribution in [0.25, 0.3) is 0 Å². The molecule has 1 N–H and O–H groups in total. The molecule has 0 bridgehead atoms. The maximum Gasteiger partial charge on any atom is 0.139 e. The Morgan fingerprint density at radius 2 is 2.07 bits per heavy atom. The van der Waals surface area contributed by atoms with Gasteiger partial charge in [0, 0.05) is 13.1 Å². The third kappa shape index (κ3) is 1.98. The van der Waals surface area contributed by atoms with Crippen LogP contribution in [-0.2, 0) is 4.74 Å². The summed E-state index contributed by atoms with van der Waals surface area (Å²) in [6.07, 6.45) is 1.19. The first-order valence-electron chi connectivity index (χ1n) is 4.27. The molecular weight excluding hydrogens is 225 g/mol. The van der Waals surface area contributed by atoms with Gasteiger partial charge in [0.25, 0.3) is 0 Å². The van der Waals surface area contributed by atoms with E-state index in [9.17, 15) is 0 Å². The minimum absolute atomic E-state index is 0.148. The third-order valence-electron chi connectivity index (χ3n) is 2.04. The van der Waals surface area contributed by atoms with E-state index in [1.165, 1.54) is 6.33 Å². The first-order valence-corrected chi connectivity index (χ1v) is 5.03. The van der Waals surface area contributed by atoms with Crippen LogP contribution in [-0.4, -0.2) is 29.7 Å². The summed E-state index contributed by atoms with van der Waals surface area (Å²) in [5.41, 5.74) is 0.669. The summed E-state index contributed by atoms with van der Waals surface area (Å²) in [5.74, 6) is 0. The summed E-state index contributed by atoms with van der Waals surface area (Å²) in [7, 11) is 0. The number of halogens is 2. The minimum Gasteiger partial charge on any atom is -0.371 e. The fraction of sp³-hybridized carbons (Fsp3) is 0.500. The molecule has 0 spiro atoms. The Balaban J connectivity index is 2.29. The van der Waals surface area contributed by atoms with Crippen molar-refractivity contribution < 1.29 is 4.74 Å². The van der Waals surface area contributed by atoms with Crippen molar-refractivity contribution in [3.63, 3.8) is 0 Å². The molecule has 1 aromatic heterocycles. The number of rotatable bonds is 1. The van der Waals surface area contributed by atoms with Crippen molar-refractivity contribution >= 4 is 23.2 Å². The van der Waals surface area contributed by atoms with Gasteiger partial charge in [0.1, 0.15) is 22.7 Å². The molecule has 0 saturated carbocycles. The van der Waals surface area contributed by atoms with E-state index < -0.39 is 0 Å². The predicted octanol–water partition coefficient (Wildman–Crippen LogP) is 1.44. The van der Waals surface area contributed by atoms with Crippen LogP contribution in [0.15, 0.2) is 6.33 Å². The van der Waals surface area contributed by atoms with Crippen molar-refractivity contribution in [2.45, 2.75) is 6.10 Å². The van der Waals surface area contributed by atoms with Gasteiger partial charge in [-0.2, -0.15) is 0 Å². The number of hydrogen-bond acceptors (Lipinski definition) is 4. The van der Waals surface area contributed by atoms with Crippen LogP contribution in [0, 0.1) is 0 Å². The lowest BCUT2D eigenvalue weighted by molar-refractivity contribution is 0.0274. The fourth-order valence-electron chi connectivity index (χ4n) is 1.37. The highest BCUT2D eigenvalue weighted by atomic mass is 35.5. The molecule has 1 aromatic rings. The molecule has 14 heavy (non-hydrogen) atoms. The van der Waals surface area contributed by atoms with Gasteiger partial charge in [-0.05, 0) is 0 Å². The summed E-state index contributed by atoms with van der Waals surface area (Å²) in [4.78, 5) is 7.75. The molecule has 0 amide bonds. The van der Waals surface area contributed by atoms with Crippen LogP contribution in [0.1, 0.15) is 11.7 Å². The van der Waals surface area contributed by atoms with E-state index in [0.29, 0.717) is 29.0 Å². The Labute approximate surface area is 91.6 Å². The van der Waals surface area contributed by atoms with E-state index in [-0.39, 0.29) is 6.10 Å². The highest BCUT2D eigenvalue weighted by Crippen LogP contribution is 2.29. The van der Waals surface area contributed by atoms with Crippen molar-refractivity contribution in [2.24, 2.45) is 0 Å². The van der Waals surface area contributed by atoms with Crippen molar-refractivity contribution in [1.29, 1.82) is 0 Å². The van der Waals surface area contributed by atoms with Crippen LogP contribution in [0.4, 0.5) is 0 Å². The molecule has 1 saturated heterocycles. The topological polar surface area (TPSA) is 47.0 Å². The van der Waals surface area contributed by atoms with E-state index in [4.69, 9.17) is 27.9 Å². The number of ether oxygens (including phenoxy) is 1. The monoisotopic (exact) mass is 233 g/mol. The summed E-state index contributed by atoms with van der Waals surface area (Å²) < 4.78 is 5.51. The fourth-order valence-corrected chi connectivity index (χ4v) is 1.93. The standard InChI is InChI=1S/C8H9Cl2N3O/c9-7-6(8(10)13-4-12-7)5-3-11-1-2-14-5/h4-5,11H,1-3H2. The van der Waals surface area contributed by atoms with Crippen molar-refractivity contribution in [1.82, 2.24) is 15.3 Å². The number of nitrogens with one attached hydrogen (secondary N) is 1. The van der Waals surface area contributed by atoms with E-state index in [2.05, 4.69) is 15.3 Å². The van der Waals surface area contributed by atoms with Crippen molar-refractivity contribution in [2.75, 3.05) is 19.7 Å². The molecule has 2 heterocycles. The highest BCUT2D eigenvalue weighted by Gasteiger charge is 2.22. The molecule has 0 aromatic carbocycles. The van der Waals surface area contributed by atoms with Crippen molar-refractivity contribution in [3.8, 4) is 0 Å². The minimum atomic E-state index is -0.148. The first kappa shape index (κ1) is 10.1. The van der Waals surface area contributed by atoms with Gasteiger partial charge in [0.2, 0.25) is 0 Å². The molecular formula is C8H9Cl2N3O. The van der Waals surface area contributed by atoms with Crippen LogP contribution >= 0.6 is 23.2 Å². The molecule has 0 radical (unpaired) electrons. The van der Waals surface area contributed by atoms with E-state index in [1.54, 1.807) is 0 Å². The zero-order valence-corrected chi connectivity index (χ0v) is 8.85. The van der Waals surface area contributed by atoms with E-state index >= 15 is 0 Å². The largest absolute Gasteiger partial charge is 0.371 e. The third-order valence-corrected chi connectivity index (χ3v) is 2.64. The molecule has 6 heteroatoms. The Morgan fingerprint density at radius 3 is 2.64 bits per heavy atom. The lowest BCUT2D eigenvalue weighted by atomic mass is 10.2. The second-order valence-corrected chi connectivity index (χ2v) is 3.65. The van der Waals surface area contributed by atoms with Gasteiger partial charge in [-0.3, -0.25) is 0 Å². The number of aromatic nitrogens is 2. The van der Waals surface area contributed by atoms with Crippen LogP contribution in [0.5, 0.6) is 0 Å². The zero-order chi connectivity index (χ0) is 9.97. The van der Waals surface area contributed by atoms with Gasteiger partial charge >= 0.3 is 0 Å². The molecule has 1 aliphatic rings. The summed E-state index contributed by atoms with van der Waals surface area (Å²) >= 11 is 11.8. The van der Waals surface area contributed by atoms with Gasteiger partial charge in [0.15, 0.2) is 0 Å². The summed E-state index contributed by atoms with van der Waals surface area (Å²) in [6, 6.07) is 0. The van der Waals surface area contributed by atoms with Gasteiger partial charge in [-0.15, -0.1) is 0 Å². The van der Waals surface area contributed by atoms with Crippen LogP contribution in [0.2, 0.25) is 10.3 Å². The Kier molecular flexibility index (Phi) is 3.18. The lowest BCUT2D eigenvalue weighted by Crippen LogP contribution is -2.33. The normalized spacial score (nSPS) is 22.3. The number of nitrogens with zero attached hydrogens (tertiary/aromatic N) is 2. The maximum absolute atomic E-state index is 5.92. The Hall–Kier alpha value is -0.420. The van der Waals surface area contributed by atoms with E-state index in [1.807, 2.05) is 0 Å². The molecule has 1 unspecified atom stereocenters. The predicted molar refractivity (Wildman–Crippen MR) is 53.6 cm³/mol. The quantitative estimate of drug-likeness (QED) is 0.747. The van der Waals surface area contributed by atoms with Gasteiger partial charge in [-0.1, -0.05) is 23.2 Å². The second-order valence-electron chi connectivity index (χ2n) is 2.93. The SMILES string of the molecule is Clc1ncnc(Cl)c1C1CNCCO1. The Bertz CT molecular complexity index is 308. The van der Waals surface area contributed by atoms with Gasteiger partial charge in [0.05, 0.1) is 12.2 Å². The smallest absolute Gasteiger partial charge is 0.139 e. The Morgan fingerprint density at radius 1 is 1.36 bits per heavy atom. The van der Waals surface area contributed by atoms with E-state index in [0.717, 1.165) is 6.54 Å². The second kappa shape index (κ2) is 4.40. The van der Waals surface area contributed by atoms with Gasteiger partial charge < -0.3 is 10.1 Å². The molecule has 1 fully saturated rings. The summed E-state index contributed by atoms with van der Waals surface area (Å²) in [5, 5.41) is 3.91.